The van der Waals surface area contributed by atoms with Crippen molar-refractivity contribution in [3.8, 4) is 22.8 Å². The fourth-order valence-electron chi connectivity index (χ4n) is 2.71. The summed E-state index contributed by atoms with van der Waals surface area (Å²) in [5, 5.41) is 7.42. The molecule has 1 aromatic carbocycles. The minimum atomic E-state index is 0. The molecule has 1 fully saturated rings. The molecule has 2 aromatic heterocycles. The minimum absolute atomic E-state index is 0. The van der Waals surface area contributed by atoms with E-state index >= 15 is 0 Å². The average molecular weight is 380 g/mol. The third kappa shape index (κ3) is 4.28. The molecule has 25 heavy (non-hydrogen) atoms. The SMILES string of the molecule is Cl.Cl.c1cncc(-c2noc(-c3cccc(N4CCNCC4)c3)n2)c1. The van der Waals surface area contributed by atoms with Crippen LogP contribution in [-0.2, 0) is 0 Å². The zero-order chi connectivity index (χ0) is 15.5. The second-order valence-corrected chi connectivity index (χ2v) is 5.45. The molecule has 1 saturated heterocycles. The Morgan fingerprint density at radius 3 is 2.56 bits per heavy atom. The van der Waals surface area contributed by atoms with Crippen LogP contribution in [0.3, 0.4) is 0 Å². The normalized spacial score (nSPS) is 13.7. The molecular weight excluding hydrogens is 361 g/mol. The van der Waals surface area contributed by atoms with Gasteiger partial charge in [-0.2, -0.15) is 4.98 Å². The van der Waals surface area contributed by atoms with Gasteiger partial charge in [-0.25, -0.2) is 0 Å². The number of hydrogen-bond donors (Lipinski definition) is 1. The van der Waals surface area contributed by atoms with Crippen LogP contribution in [-0.4, -0.2) is 41.3 Å². The molecule has 1 N–H and O–H groups in total. The van der Waals surface area contributed by atoms with Gasteiger partial charge >= 0.3 is 0 Å². The fourth-order valence-corrected chi connectivity index (χ4v) is 2.71. The summed E-state index contributed by atoms with van der Waals surface area (Å²) in [6, 6.07) is 12.0. The van der Waals surface area contributed by atoms with Gasteiger partial charge in [-0.05, 0) is 30.3 Å². The molecule has 1 aliphatic heterocycles. The second kappa shape index (κ2) is 8.80. The Morgan fingerprint density at radius 2 is 1.80 bits per heavy atom. The smallest absolute Gasteiger partial charge is 0.258 e. The first-order valence-corrected chi connectivity index (χ1v) is 7.70. The van der Waals surface area contributed by atoms with Gasteiger partial charge in [-0.1, -0.05) is 11.2 Å². The highest BCUT2D eigenvalue weighted by atomic mass is 35.5. The fraction of sp³-hybridized carbons (Fsp3) is 0.235. The molecule has 0 bridgehead atoms. The number of pyridine rings is 1. The number of halogens is 2. The van der Waals surface area contributed by atoms with Gasteiger partial charge in [0.15, 0.2) is 0 Å². The molecular formula is C17H19Cl2N5O. The summed E-state index contributed by atoms with van der Waals surface area (Å²) in [4.78, 5) is 10.9. The zero-order valence-electron chi connectivity index (χ0n) is 13.5. The van der Waals surface area contributed by atoms with Crippen LogP contribution in [0.2, 0.25) is 0 Å². The van der Waals surface area contributed by atoms with Crippen molar-refractivity contribution in [1.29, 1.82) is 0 Å². The lowest BCUT2D eigenvalue weighted by molar-refractivity contribution is 0.432. The Kier molecular flexibility index (Phi) is 6.75. The van der Waals surface area contributed by atoms with Gasteiger partial charge in [0.1, 0.15) is 0 Å². The van der Waals surface area contributed by atoms with Crippen LogP contribution in [0.5, 0.6) is 0 Å². The number of nitrogens with one attached hydrogen (secondary N) is 1. The van der Waals surface area contributed by atoms with Gasteiger partial charge in [0.05, 0.1) is 0 Å². The van der Waals surface area contributed by atoms with Crippen LogP contribution in [0, 0.1) is 0 Å². The predicted molar refractivity (Wildman–Crippen MR) is 103 cm³/mol. The minimum Gasteiger partial charge on any atom is -0.369 e. The molecule has 6 nitrogen and oxygen atoms in total. The van der Waals surface area contributed by atoms with E-state index in [-0.39, 0.29) is 24.8 Å². The lowest BCUT2D eigenvalue weighted by Gasteiger charge is -2.29. The maximum Gasteiger partial charge on any atom is 0.258 e. The second-order valence-electron chi connectivity index (χ2n) is 5.45. The Hall–Kier alpha value is -2.15. The maximum atomic E-state index is 5.43. The number of aromatic nitrogens is 3. The molecule has 0 aliphatic carbocycles. The highest BCUT2D eigenvalue weighted by Gasteiger charge is 2.14. The summed E-state index contributed by atoms with van der Waals surface area (Å²) in [6.45, 7) is 4.04. The zero-order valence-corrected chi connectivity index (χ0v) is 15.1. The highest BCUT2D eigenvalue weighted by molar-refractivity contribution is 5.85. The molecule has 3 aromatic rings. The topological polar surface area (TPSA) is 67.1 Å². The molecule has 1 aliphatic rings. The van der Waals surface area contributed by atoms with Gasteiger partial charge in [0.25, 0.3) is 5.89 Å². The number of nitrogens with zero attached hydrogens (tertiary/aromatic N) is 4. The van der Waals surface area contributed by atoms with Crippen molar-refractivity contribution in [1.82, 2.24) is 20.4 Å². The van der Waals surface area contributed by atoms with Crippen LogP contribution >= 0.6 is 24.8 Å². The molecule has 0 radical (unpaired) electrons. The summed E-state index contributed by atoms with van der Waals surface area (Å²) < 4.78 is 5.43. The van der Waals surface area contributed by atoms with Crippen molar-refractivity contribution in [2.75, 3.05) is 31.1 Å². The molecule has 132 valence electrons. The Bertz CT molecular complexity index is 790. The monoisotopic (exact) mass is 379 g/mol. The van der Waals surface area contributed by atoms with Crippen LogP contribution in [0.25, 0.3) is 22.8 Å². The number of hydrogen-bond acceptors (Lipinski definition) is 6. The molecule has 0 spiro atoms. The van der Waals surface area contributed by atoms with Gasteiger partial charge < -0.3 is 14.7 Å². The van der Waals surface area contributed by atoms with Crippen molar-refractivity contribution < 1.29 is 4.52 Å². The Labute approximate surface area is 158 Å². The maximum absolute atomic E-state index is 5.43. The summed E-state index contributed by atoms with van der Waals surface area (Å²) in [5.74, 6) is 1.08. The average Bonchev–Trinajstić information content (AvgIpc) is 3.14. The van der Waals surface area contributed by atoms with Crippen LogP contribution in [0.1, 0.15) is 0 Å². The van der Waals surface area contributed by atoms with E-state index in [0.29, 0.717) is 11.7 Å². The summed E-state index contributed by atoms with van der Waals surface area (Å²) in [6.07, 6.45) is 3.45. The summed E-state index contributed by atoms with van der Waals surface area (Å²) in [7, 11) is 0. The number of piperazine rings is 1. The van der Waals surface area contributed by atoms with Crippen molar-refractivity contribution in [3.05, 3.63) is 48.8 Å². The van der Waals surface area contributed by atoms with Crippen LogP contribution < -0.4 is 10.2 Å². The molecule has 8 heteroatoms. The highest BCUT2D eigenvalue weighted by Crippen LogP contribution is 2.25. The Morgan fingerprint density at radius 1 is 1.00 bits per heavy atom. The standard InChI is InChI=1S/C17H17N5O.2ClH/c1-3-13(11-15(5-1)22-9-7-18-8-10-22)17-20-16(21-23-17)14-4-2-6-19-12-14;;/h1-6,11-12,18H,7-10H2;2*1H. The number of benzene rings is 1. The Balaban J connectivity index is 0.00000113. The molecule has 0 unspecified atom stereocenters. The third-order valence-corrected chi connectivity index (χ3v) is 3.92. The first-order valence-electron chi connectivity index (χ1n) is 7.70. The largest absolute Gasteiger partial charge is 0.369 e. The summed E-state index contributed by atoms with van der Waals surface area (Å²) >= 11 is 0. The molecule has 0 amide bonds. The van der Waals surface area contributed by atoms with E-state index in [4.69, 9.17) is 4.52 Å². The van der Waals surface area contributed by atoms with Gasteiger partial charge in [-0.3, -0.25) is 4.98 Å². The number of rotatable bonds is 3. The van der Waals surface area contributed by atoms with E-state index in [2.05, 4.69) is 37.5 Å². The molecule has 0 saturated carbocycles. The van der Waals surface area contributed by atoms with Gasteiger partial charge in [0, 0.05) is 55.4 Å². The van der Waals surface area contributed by atoms with E-state index in [1.165, 1.54) is 5.69 Å². The van der Waals surface area contributed by atoms with E-state index < -0.39 is 0 Å². The molecule has 4 rings (SSSR count). The van der Waals surface area contributed by atoms with E-state index in [1.54, 1.807) is 12.4 Å². The van der Waals surface area contributed by atoms with E-state index in [1.807, 2.05) is 24.3 Å². The van der Waals surface area contributed by atoms with Crippen molar-refractivity contribution in [2.24, 2.45) is 0 Å². The van der Waals surface area contributed by atoms with Crippen molar-refractivity contribution >= 4 is 30.5 Å². The molecule has 0 atom stereocenters. The summed E-state index contributed by atoms with van der Waals surface area (Å²) in [5.41, 5.74) is 2.97. The van der Waals surface area contributed by atoms with Gasteiger partial charge in [0.2, 0.25) is 5.82 Å². The first-order chi connectivity index (χ1) is 11.4. The lowest BCUT2D eigenvalue weighted by Crippen LogP contribution is -2.43. The van der Waals surface area contributed by atoms with E-state index in [0.717, 1.165) is 37.3 Å². The van der Waals surface area contributed by atoms with Gasteiger partial charge in [-0.15, -0.1) is 24.8 Å². The quantitative estimate of drug-likeness (QED) is 0.754. The van der Waals surface area contributed by atoms with Crippen LogP contribution in [0.4, 0.5) is 5.69 Å². The third-order valence-electron chi connectivity index (χ3n) is 3.92. The van der Waals surface area contributed by atoms with E-state index in [9.17, 15) is 0 Å². The number of anilines is 1. The van der Waals surface area contributed by atoms with Crippen molar-refractivity contribution in [3.63, 3.8) is 0 Å². The molecule has 3 heterocycles. The predicted octanol–water partition coefficient (Wildman–Crippen LogP) is 3.05. The van der Waals surface area contributed by atoms with Crippen LogP contribution in [0.15, 0.2) is 53.3 Å². The lowest BCUT2D eigenvalue weighted by atomic mass is 10.1. The first kappa shape index (κ1) is 19.2. The van der Waals surface area contributed by atoms with Crippen molar-refractivity contribution in [2.45, 2.75) is 0 Å².